The largest absolute Gasteiger partial charge is 0.495 e. The molecular formula is C26H25FN4O3. The van der Waals surface area contributed by atoms with E-state index in [0.717, 1.165) is 54.0 Å². The van der Waals surface area contributed by atoms with Crippen LogP contribution < -0.4 is 4.74 Å². The molecule has 174 valence electrons. The number of fused-ring (bicyclic) bond motifs is 1. The third-order valence-corrected chi connectivity index (χ3v) is 7.07. The molecule has 0 radical (unpaired) electrons. The number of ether oxygens (including phenoxy) is 1. The summed E-state index contributed by atoms with van der Waals surface area (Å²) in [5.74, 6) is 1.51. The van der Waals surface area contributed by atoms with E-state index in [9.17, 15) is 9.50 Å². The Morgan fingerprint density at radius 1 is 1.26 bits per heavy atom. The van der Waals surface area contributed by atoms with Gasteiger partial charge in [-0.3, -0.25) is 0 Å². The van der Waals surface area contributed by atoms with E-state index in [0.29, 0.717) is 11.4 Å². The molecule has 7 nitrogen and oxygen atoms in total. The number of rotatable bonds is 5. The predicted molar refractivity (Wildman–Crippen MR) is 125 cm³/mol. The number of nitrogens with zero attached hydrogens (tertiary/aromatic N) is 4. The lowest BCUT2D eigenvalue weighted by molar-refractivity contribution is -0.155. The van der Waals surface area contributed by atoms with Crippen LogP contribution in [0.4, 0.5) is 4.39 Å². The molecule has 1 unspecified atom stereocenters. The summed E-state index contributed by atoms with van der Waals surface area (Å²) in [6, 6.07) is 10.9. The summed E-state index contributed by atoms with van der Waals surface area (Å²) in [6.45, 7) is 0.727. The third kappa shape index (κ3) is 3.13. The van der Waals surface area contributed by atoms with Crippen LogP contribution in [0.3, 0.4) is 0 Å². The summed E-state index contributed by atoms with van der Waals surface area (Å²) in [4.78, 5) is 12.6. The number of methoxy groups -OCH3 is 1. The smallest absolute Gasteiger partial charge is 0.240 e. The number of halogens is 1. The van der Waals surface area contributed by atoms with Gasteiger partial charge >= 0.3 is 0 Å². The van der Waals surface area contributed by atoms with Gasteiger partial charge in [0.05, 0.1) is 31.4 Å². The lowest BCUT2D eigenvalue weighted by Crippen LogP contribution is -2.52. The fourth-order valence-corrected chi connectivity index (χ4v) is 5.53. The lowest BCUT2D eigenvalue weighted by Gasteiger charge is -2.42. The molecule has 3 aliphatic rings. The molecule has 0 bridgehead atoms. The topological polar surface area (TPSA) is 72.1 Å². The van der Waals surface area contributed by atoms with Crippen molar-refractivity contribution in [2.75, 3.05) is 13.7 Å². The Balaban J connectivity index is 1.28. The molecule has 34 heavy (non-hydrogen) atoms. The number of piperidine rings is 1. The molecule has 6 rings (SSSR count). The van der Waals surface area contributed by atoms with Crippen molar-refractivity contribution in [3.8, 4) is 11.4 Å². The number of amidine groups is 1. The van der Waals surface area contributed by atoms with Gasteiger partial charge in [0.25, 0.3) is 0 Å². The number of hydrogen-bond donors (Lipinski definition) is 1. The van der Waals surface area contributed by atoms with E-state index < -0.39 is 5.72 Å². The van der Waals surface area contributed by atoms with Crippen LogP contribution in [-0.2, 0) is 23.6 Å². The first-order valence-corrected chi connectivity index (χ1v) is 11.5. The average Bonchev–Trinajstić information content (AvgIpc) is 3.56. The molecule has 3 aromatic rings. The maximum Gasteiger partial charge on any atom is 0.240 e. The van der Waals surface area contributed by atoms with Crippen LogP contribution in [0.25, 0.3) is 11.8 Å². The van der Waals surface area contributed by atoms with E-state index in [1.807, 2.05) is 41.0 Å². The van der Waals surface area contributed by atoms with E-state index >= 15 is 0 Å². The summed E-state index contributed by atoms with van der Waals surface area (Å²) in [5.41, 5.74) is 3.79. The maximum absolute atomic E-state index is 13.9. The van der Waals surface area contributed by atoms with Gasteiger partial charge in [0.1, 0.15) is 11.6 Å². The molecule has 1 spiro atoms. The van der Waals surface area contributed by atoms with Crippen LogP contribution in [0.5, 0.6) is 5.75 Å². The van der Waals surface area contributed by atoms with Crippen molar-refractivity contribution in [2.45, 2.75) is 31.6 Å². The Bertz CT molecular complexity index is 1320. The second-order valence-corrected chi connectivity index (χ2v) is 8.93. The summed E-state index contributed by atoms with van der Waals surface area (Å²) < 4.78 is 21.3. The highest BCUT2D eigenvalue weighted by Gasteiger charge is 2.58. The second-order valence-electron chi connectivity index (χ2n) is 8.93. The van der Waals surface area contributed by atoms with Gasteiger partial charge in [-0.2, -0.15) is 0 Å². The van der Waals surface area contributed by atoms with Crippen molar-refractivity contribution in [3.05, 3.63) is 83.2 Å². The molecule has 1 aromatic heterocycles. The van der Waals surface area contributed by atoms with Gasteiger partial charge in [0, 0.05) is 24.2 Å². The molecule has 1 saturated heterocycles. The Morgan fingerprint density at radius 2 is 2.18 bits per heavy atom. The van der Waals surface area contributed by atoms with Crippen molar-refractivity contribution >= 4 is 11.9 Å². The number of aliphatic hydroxyl groups is 1. The number of oxime groups is 1. The minimum absolute atomic E-state index is 0.113. The molecule has 2 atom stereocenters. The third-order valence-electron chi connectivity index (χ3n) is 7.07. The number of aromatic nitrogens is 2. The first-order chi connectivity index (χ1) is 16.6. The highest BCUT2D eigenvalue weighted by atomic mass is 19.1. The fourth-order valence-electron chi connectivity index (χ4n) is 5.53. The van der Waals surface area contributed by atoms with Crippen LogP contribution >= 0.6 is 0 Å². The van der Waals surface area contributed by atoms with E-state index in [2.05, 4.69) is 15.0 Å². The first-order valence-electron chi connectivity index (χ1n) is 11.5. The van der Waals surface area contributed by atoms with Crippen LogP contribution in [0.2, 0.25) is 0 Å². The van der Waals surface area contributed by atoms with Gasteiger partial charge in [-0.05, 0) is 66.8 Å². The standard InChI is InChI=1S/C26H25FN4O3/c1-33-24-11-17(4-8-23(24)30-14-21(15-32)28-16-30)5-9-25-29-34-26-19(3-2-10-31(25)26)12-18-13-20(27)6-7-22(18)26/h4-9,11,13-14,16,19,32H,2-3,10,12,15H2,1H3/b9-5+/t19?,26-/m1/s1. The van der Waals surface area contributed by atoms with Gasteiger partial charge in [0.15, 0.2) is 5.84 Å². The lowest BCUT2D eigenvalue weighted by atomic mass is 9.86. The van der Waals surface area contributed by atoms with E-state index in [1.165, 1.54) is 6.07 Å². The van der Waals surface area contributed by atoms with E-state index in [-0.39, 0.29) is 18.3 Å². The molecule has 2 aromatic carbocycles. The molecule has 0 amide bonds. The van der Waals surface area contributed by atoms with Crippen molar-refractivity contribution in [3.63, 3.8) is 0 Å². The van der Waals surface area contributed by atoms with Crippen molar-refractivity contribution in [1.82, 2.24) is 14.5 Å². The average molecular weight is 461 g/mol. The zero-order chi connectivity index (χ0) is 23.3. The van der Waals surface area contributed by atoms with Gasteiger partial charge in [-0.15, -0.1) is 0 Å². The summed E-state index contributed by atoms with van der Waals surface area (Å²) in [6.07, 6.45) is 10.3. The second kappa shape index (κ2) is 7.99. The Labute approximate surface area is 196 Å². The van der Waals surface area contributed by atoms with Crippen LogP contribution in [0.1, 0.15) is 35.2 Å². The maximum atomic E-state index is 13.9. The molecule has 1 fully saturated rings. The number of aliphatic hydroxyl groups excluding tert-OH is 1. The fraction of sp³-hybridized carbons (Fsp3) is 0.308. The Hall–Kier alpha value is -3.65. The van der Waals surface area contributed by atoms with Crippen molar-refractivity contribution < 1.29 is 19.1 Å². The highest BCUT2D eigenvalue weighted by molar-refractivity contribution is 5.97. The quantitative estimate of drug-likeness (QED) is 0.624. The molecule has 1 aliphatic carbocycles. The molecule has 3 heterocycles. The monoisotopic (exact) mass is 460 g/mol. The predicted octanol–water partition coefficient (Wildman–Crippen LogP) is 3.99. The van der Waals surface area contributed by atoms with Crippen molar-refractivity contribution in [1.29, 1.82) is 0 Å². The molecule has 8 heteroatoms. The summed E-state index contributed by atoms with van der Waals surface area (Å²) in [5, 5.41) is 13.8. The highest BCUT2D eigenvalue weighted by Crippen LogP contribution is 2.53. The number of hydrogen-bond acceptors (Lipinski definition) is 6. The Kier molecular flexibility index (Phi) is 4.91. The first kappa shape index (κ1) is 20.9. The summed E-state index contributed by atoms with van der Waals surface area (Å²) >= 11 is 0. The zero-order valence-corrected chi connectivity index (χ0v) is 18.8. The Morgan fingerprint density at radius 3 is 3.00 bits per heavy atom. The molecule has 0 saturated carbocycles. The minimum Gasteiger partial charge on any atom is -0.495 e. The summed E-state index contributed by atoms with van der Waals surface area (Å²) in [7, 11) is 1.63. The normalized spacial score (nSPS) is 22.9. The van der Waals surface area contributed by atoms with E-state index in [4.69, 9.17) is 9.57 Å². The zero-order valence-electron chi connectivity index (χ0n) is 18.8. The molecular weight excluding hydrogens is 435 g/mol. The number of imidazole rings is 1. The SMILES string of the molecule is COc1cc(/C=C/C2=NO[C@@]34c5ccc(F)cc5CC3CCCN24)ccc1-n1cnc(CO)c1. The van der Waals surface area contributed by atoms with Gasteiger partial charge < -0.3 is 24.1 Å². The number of benzene rings is 2. The molecule has 1 N–H and O–H groups in total. The van der Waals surface area contributed by atoms with Gasteiger partial charge in [-0.1, -0.05) is 17.3 Å². The van der Waals surface area contributed by atoms with E-state index in [1.54, 1.807) is 25.7 Å². The van der Waals surface area contributed by atoms with Crippen LogP contribution in [0.15, 0.2) is 60.2 Å². The van der Waals surface area contributed by atoms with Gasteiger partial charge in [-0.25, -0.2) is 9.37 Å². The van der Waals surface area contributed by atoms with Crippen molar-refractivity contribution in [2.24, 2.45) is 11.1 Å². The van der Waals surface area contributed by atoms with Crippen LogP contribution in [-0.4, -0.2) is 39.0 Å². The molecule has 2 aliphatic heterocycles. The van der Waals surface area contributed by atoms with Crippen LogP contribution in [0, 0.1) is 11.7 Å². The van der Waals surface area contributed by atoms with Gasteiger partial charge in [0.2, 0.25) is 5.72 Å². The minimum atomic E-state index is -0.631.